The Kier molecular flexibility index (Phi) is 4.36. The van der Waals surface area contributed by atoms with Crippen LogP contribution >= 0.6 is 0 Å². The molecule has 0 bridgehead atoms. The summed E-state index contributed by atoms with van der Waals surface area (Å²) in [5.74, 6) is -0.840. The first-order chi connectivity index (χ1) is 8.19. The standard InChI is InChI=1S/C12H22N2O3/c1-2-13-5-6-17-11(8-13)9-14-4-3-10(7-14)12(15)16/h10-11H,2-9H2,1H3,(H,15,16). The average Bonchev–Trinajstić information content (AvgIpc) is 2.78. The molecule has 0 amide bonds. The van der Waals surface area contributed by atoms with E-state index in [9.17, 15) is 4.79 Å². The van der Waals surface area contributed by atoms with Crippen LogP contribution in [0.2, 0.25) is 0 Å². The van der Waals surface area contributed by atoms with Gasteiger partial charge in [-0.1, -0.05) is 6.92 Å². The van der Waals surface area contributed by atoms with Gasteiger partial charge in [0.1, 0.15) is 0 Å². The summed E-state index contributed by atoms with van der Waals surface area (Å²) in [5.41, 5.74) is 0. The van der Waals surface area contributed by atoms with Gasteiger partial charge in [0.25, 0.3) is 0 Å². The highest BCUT2D eigenvalue weighted by Crippen LogP contribution is 2.17. The van der Waals surface area contributed by atoms with E-state index in [4.69, 9.17) is 9.84 Å². The topological polar surface area (TPSA) is 53.0 Å². The van der Waals surface area contributed by atoms with E-state index in [2.05, 4.69) is 16.7 Å². The predicted molar refractivity (Wildman–Crippen MR) is 64.0 cm³/mol. The van der Waals surface area contributed by atoms with Crippen LogP contribution in [0.1, 0.15) is 13.3 Å². The molecule has 0 aliphatic carbocycles. The van der Waals surface area contributed by atoms with Crippen molar-refractivity contribution >= 4 is 5.97 Å². The van der Waals surface area contributed by atoms with Crippen LogP contribution < -0.4 is 0 Å². The maximum atomic E-state index is 10.9. The fourth-order valence-electron chi connectivity index (χ4n) is 2.67. The second-order valence-electron chi connectivity index (χ2n) is 4.97. The summed E-state index contributed by atoms with van der Waals surface area (Å²) in [6, 6.07) is 0. The molecule has 0 aromatic heterocycles. The SMILES string of the molecule is CCN1CCOC(CN2CCC(C(=O)O)C2)C1. The van der Waals surface area contributed by atoms with Crippen LogP contribution in [0.3, 0.4) is 0 Å². The lowest BCUT2D eigenvalue weighted by molar-refractivity contribution is -0.141. The van der Waals surface area contributed by atoms with Crippen molar-refractivity contribution in [3.05, 3.63) is 0 Å². The number of rotatable bonds is 4. The Balaban J connectivity index is 1.76. The summed E-state index contributed by atoms with van der Waals surface area (Å²) in [6.07, 6.45) is 1.02. The molecule has 2 rings (SSSR count). The minimum atomic E-state index is -0.660. The molecule has 2 fully saturated rings. The highest BCUT2D eigenvalue weighted by Gasteiger charge is 2.30. The number of nitrogens with zero attached hydrogens (tertiary/aromatic N) is 2. The molecule has 0 aromatic carbocycles. The fraction of sp³-hybridized carbons (Fsp3) is 0.917. The summed E-state index contributed by atoms with van der Waals surface area (Å²) in [4.78, 5) is 15.5. The summed E-state index contributed by atoms with van der Waals surface area (Å²) in [6.45, 7) is 8.48. The smallest absolute Gasteiger partial charge is 0.307 e. The van der Waals surface area contributed by atoms with E-state index >= 15 is 0 Å². The third-order valence-electron chi connectivity index (χ3n) is 3.75. The van der Waals surface area contributed by atoms with E-state index in [-0.39, 0.29) is 12.0 Å². The van der Waals surface area contributed by atoms with Crippen LogP contribution in [0.15, 0.2) is 0 Å². The molecule has 2 aliphatic rings. The van der Waals surface area contributed by atoms with Gasteiger partial charge in [0.15, 0.2) is 0 Å². The monoisotopic (exact) mass is 242 g/mol. The molecule has 0 spiro atoms. The minimum absolute atomic E-state index is 0.180. The van der Waals surface area contributed by atoms with E-state index in [0.29, 0.717) is 6.54 Å². The molecule has 1 N–H and O–H groups in total. The molecule has 17 heavy (non-hydrogen) atoms. The van der Waals surface area contributed by atoms with E-state index in [0.717, 1.165) is 45.8 Å². The molecular formula is C12H22N2O3. The van der Waals surface area contributed by atoms with Gasteiger partial charge in [-0.05, 0) is 19.5 Å². The quantitative estimate of drug-likeness (QED) is 0.758. The average molecular weight is 242 g/mol. The highest BCUT2D eigenvalue weighted by atomic mass is 16.5. The minimum Gasteiger partial charge on any atom is -0.481 e. The Morgan fingerprint density at radius 1 is 1.35 bits per heavy atom. The number of carboxylic acid groups (broad SMARTS) is 1. The number of likely N-dealkylation sites (tertiary alicyclic amines) is 1. The zero-order chi connectivity index (χ0) is 12.3. The Labute approximate surface area is 102 Å². The maximum absolute atomic E-state index is 10.9. The van der Waals surface area contributed by atoms with Crippen molar-refractivity contribution in [1.82, 2.24) is 9.80 Å². The predicted octanol–water partition coefficient (Wildman–Crippen LogP) is 0.114. The molecule has 2 heterocycles. The number of ether oxygens (including phenoxy) is 1. The number of likely N-dealkylation sites (N-methyl/N-ethyl adjacent to an activating group) is 1. The molecule has 2 aliphatic heterocycles. The first-order valence-electron chi connectivity index (χ1n) is 6.48. The Morgan fingerprint density at radius 3 is 2.82 bits per heavy atom. The molecule has 2 saturated heterocycles. The molecule has 0 saturated carbocycles. The zero-order valence-corrected chi connectivity index (χ0v) is 10.5. The lowest BCUT2D eigenvalue weighted by Gasteiger charge is -2.34. The number of hydrogen-bond acceptors (Lipinski definition) is 4. The van der Waals surface area contributed by atoms with Crippen LogP contribution in [0.5, 0.6) is 0 Å². The Hall–Kier alpha value is -0.650. The third kappa shape index (κ3) is 3.40. The second kappa shape index (κ2) is 5.80. The maximum Gasteiger partial charge on any atom is 0.307 e. The van der Waals surface area contributed by atoms with Crippen molar-refractivity contribution in [3.8, 4) is 0 Å². The van der Waals surface area contributed by atoms with Crippen molar-refractivity contribution in [2.75, 3.05) is 45.9 Å². The first-order valence-corrected chi connectivity index (χ1v) is 6.48. The van der Waals surface area contributed by atoms with E-state index in [1.807, 2.05) is 0 Å². The number of carboxylic acids is 1. The largest absolute Gasteiger partial charge is 0.481 e. The first kappa shape index (κ1) is 12.8. The molecule has 0 radical (unpaired) electrons. The summed E-state index contributed by atoms with van der Waals surface area (Å²) < 4.78 is 5.74. The molecule has 0 aromatic rings. The van der Waals surface area contributed by atoms with Crippen LogP contribution in [-0.2, 0) is 9.53 Å². The summed E-state index contributed by atoms with van der Waals surface area (Å²) in [7, 11) is 0. The molecule has 2 unspecified atom stereocenters. The molecule has 5 heteroatoms. The zero-order valence-electron chi connectivity index (χ0n) is 10.5. The van der Waals surface area contributed by atoms with Gasteiger partial charge < -0.3 is 9.84 Å². The number of aliphatic carboxylic acids is 1. The number of carbonyl (C=O) groups is 1. The van der Waals surface area contributed by atoms with Crippen LogP contribution in [0, 0.1) is 5.92 Å². The fourth-order valence-corrected chi connectivity index (χ4v) is 2.67. The summed E-state index contributed by atoms with van der Waals surface area (Å²) in [5, 5.41) is 8.95. The van der Waals surface area contributed by atoms with Gasteiger partial charge in [0, 0.05) is 26.2 Å². The molecule has 2 atom stereocenters. The van der Waals surface area contributed by atoms with Crippen LogP contribution in [-0.4, -0.2) is 72.9 Å². The van der Waals surface area contributed by atoms with Gasteiger partial charge in [0.2, 0.25) is 0 Å². The Morgan fingerprint density at radius 2 is 2.18 bits per heavy atom. The van der Waals surface area contributed by atoms with Gasteiger partial charge in [-0.25, -0.2) is 0 Å². The lowest BCUT2D eigenvalue weighted by Crippen LogP contribution is -2.47. The van der Waals surface area contributed by atoms with Crippen molar-refractivity contribution in [3.63, 3.8) is 0 Å². The van der Waals surface area contributed by atoms with E-state index < -0.39 is 5.97 Å². The van der Waals surface area contributed by atoms with Crippen molar-refractivity contribution < 1.29 is 14.6 Å². The van der Waals surface area contributed by atoms with Gasteiger partial charge in [-0.15, -0.1) is 0 Å². The van der Waals surface area contributed by atoms with Crippen molar-refractivity contribution in [2.45, 2.75) is 19.4 Å². The highest BCUT2D eigenvalue weighted by molar-refractivity contribution is 5.70. The number of morpholine rings is 1. The van der Waals surface area contributed by atoms with Gasteiger partial charge in [-0.2, -0.15) is 0 Å². The van der Waals surface area contributed by atoms with Gasteiger partial charge in [-0.3, -0.25) is 14.6 Å². The van der Waals surface area contributed by atoms with Crippen molar-refractivity contribution in [1.29, 1.82) is 0 Å². The van der Waals surface area contributed by atoms with E-state index in [1.165, 1.54) is 0 Å². The lowest BCUT2D eigenvalue weighted by atomic mass is 10.1. The van der Waals surface area contributed by atoms with Gasteiger partial charge >= 0.3 is 5.97 Å². The molecule has 98 valence electrons. The van der Waals surface area contributed by atoms with Crippen molar-refractivity contribution in [2.24, 2.45) is 5.92 Å². The summed E-state index contributed by atoms with van der Waals surface area (Å²) >= 11 is 0. The normalized spacial score (nSPS) is 31.8. The van der Waals surface area contributed by atoms with Gasteiger partial charge in [0.05, 0.1) is 18.6 Å². The second-order valence-corrected chi connectivity index (χ2v) is 4.97. The van der Waals surface area contributed by atoms with Crippen LogP contribution in [0.25, 0.3) is 0 Å². The Bertz CT molecular complexity index is 272. The molecular weight excluding hydrogens is 220 g/mol. The van der Waals surface area contributed by atoms with E-state index in [1.54, 1.807) is 0 Å². The number of hydrogen-bond donors (Lipinski definition) is 1. The molecule has 5 nitrogen and oxygen atoms in total. The van der Waals surface area contributed by atoms with Crippen LogP contribution in [0.4, 0.5) is 0 Å². The third-order valence-corrected chi connectivity index (χ3v) is 3.75.